The number of hydrogen-bond donors (Lipinski definition) is 1. The minimum absolute atomic E-state index is 0.0698. The van der Waals surface area contributed by atoms with Gasteiger partial charge < -0.3 is 10.6 Å². The van der Waals surface area contributed by atoms with E-state index in [9.17, 15) is 0 Å². The van der Waals surface area contributed by atoms with Crippen LogP contribution in [0, 0.1) is 0 Å². The Morgan fingerprint density at radius 3 is 2.47 bits per heavy atom. The minimum Gasteiger partial charge on any atom is -0.374 e. The third-order valence-electron chi connectivity index (χ3n) is 3.49. The third kappa shape index (κ3) is 3.71. The van der Waals surface area contributed by atoms with E-state index in [1.807, 2.05) is 0 Å². The molecule has 19 heavy (non-hydrogen) atoms. The van der Waals surface area contributed by atoms with Crippen LogP contribution in [0.5, 0.6) is 0 Å². The first-order chi connectivity index (χ1) is 8.97. The smallest absolute Gasteiger partial charge is 0.0443 e. The number of benzene rings is 2. The van der Waals surface area contributed by atoms with Gasteiger partial charge in [-0.05, 0) is 38.1 Å². The van der Waals surface area contributed by atoms with Crippen LogP contribution >= 0.6 is 0 Å². The van der Waals surface area contributed by atoms with E-state index in [2.05, 4.69) is 68.3 Å². The molecule has 0 heterocycles. The topological polar surface area (TPSA) is 29.3 Å². The predicted octanol–water partition coefficient (Wildman–Crippen LogP) is 3.79. The Morgan fingerprint density at radius 2 is 1.74 bits per heavy atom. The predicted molar refractivity (Wildman–Crippen MR) is 84.7 cm³/mol. The van der Waals surface area contributed by atoms with Gasteiger partial charge in [0.1, 0.15) is 0 Å². The summed E-state index contributed by atoms with van der Waals surface area (Å²) in [5, 5.41) is 2.62. The van der Waals surface area contributed by atoms with E-state index >= 15 is 0 Å². The molecule has 0 atom stereocenters. The maximum absolute atomic E-state index is 6.03. The van der Waals surface area contributed by atoms with Crippen LogP contribution < -0.4 is 10.6 Å². The molecule has 0 saturated heterocycles. The Labute approximate surface area is 116 Å². The summed E-state index contributed by atoms with van der Waals surface area (Å²) in [5.41, 5.74) is 7.26. The lowest BCUT2D eigenvalue weighted by atomic mass is 10.00. The molecule has 2 nitrogen and oxygen atoms in total. The molecule has 0 amide bonds. The maximum atomic E-state index is 6.03. The van der Waals surface area contributed by atoms with Gasteiger partial charge in [-0.15, -0.1) is 0 Å². The summed E-state index contributed by atoms with van der Waals surface area (Å²) < 4.78 is 0. The van der Waals surface area contributed by atoms with Crippen LogP contribution in [0.4, 0.5) is 5.69 Å². The van der Waals surface area contributed by atoms with Gasteiger partial charge >= 0.3 is 0 Å². The van der Waals surface area contributed by atoms with Crippen LogP contribution in [0.15, 0.2) is 42.5 Å². The van der Waals surface area contributed by atoms with Gasteiger partial charge in [-0.1, -0.05) is 36.4 Å². The van der Waals surface area contributed by atoms with Crippen molar-refractivity contribution in [2.24, 2.45) is 5.73 Å². The fourth-order valence-corrected chi connectivity index (χ4v) is 2.43. The fraction of sp³-hybridized carbons (Fsp3) is 0.412. The van der Waals surface area contributed by atoms with Crippen LogP contribution in [0.3, 0.4) is 0 Å². The van der Waals surface area contributed by atoms with Crippen molar-refractivity contribution in [1.29, 1.82) is 0 Å². The highest BCUT2D eigenvalue weighted by atomic mass is 15.1. The summed E-state index contributed by atoms with van der Waals surface area (Å²) in [6.07, 6.45) is 2.16. The number of fused-ring (bicyclic) bond motifs is 1. The van der Waals surface area contributed by atoms with E-state index in [0.29, 0.717) is 0 Å². The number of nitrogens with zero attached hydrogens (tertiary/aromatic N) is 1. The first-order valence-electron chi connectivity index (χ1n) is 6.95. The summed E-state index contributed by atoms with van der Waals surface area (Å²) in [5.74, 6) is 0. The average Bonchev–Trinajstić information content (AvgIpc) is 2.36. The van der Waals surface area contributed by atoms with Gasteiger partial charge in [0.05, 0.1) is 0 Å². The molecule has 2 rings (SSSR count). The summed E-state index contributed by atoms with van der Waals surface area (Å²) in [6.45, 7) is 5.21. The van der Waals surface area contributed by atoms with Gasteiger partial charge in [-0.25, -0.2) is 0 Å². The van der Waals surface area contributed by atoms with Gasteiger partial charge in [-0.2, -0.15) is 0 Å². The van der Waals surface area contributed by atoms with E-state index in [-0.39, 0.29) is 5.54 Å². The quantitative estimate of drug-likeness (QED) is 0.881. The van der Waals surface area contributed by atoms with Crippen molar-refractivity contribution in [3.05, 3.63) is 42.5 Å². The Balaban J connectivity index is 2.11. The second-order valence-electron chi connectivity index (χ2n) is 6.01. The lowest BCUT2D eigenvalue weighted by Crippen LogP contribution is -2.33. The molecule has 0 aromatic heterocycles. The Bertz CT molecular complexity index is 535. The largest absolute Gasteiger partial charge is 0.374 e. The van der Waals surface area contributed by atoms with E-state index < -0.39 is 0 Å². The van der Waals surface area contributed by atoms with Gasteiger partial charge in [0.15, 0.2) is 0 Å². The highest BCUT2D eigenvalue weighted by molar-refractivity contribution is 5.94. The molecule has 2 aromatic rings. The first-order valence-corrected chi connectivity index (χ1v) is 6.95. The zero-order valence-electron chi connectivity index (χ0n) is 12.2. The Hall–Kier alpha value is -1.54. The molecular weight excluding hydrogens is 232 g/mol. The SMILES string of the molecule is CN(CCCC(C)(C)N)c1cccc2ccccc12. The van der Waals surface area contributed by atoms with E-state index in [1.54, 1.807) is 0 Å². The molecule has 102 valence electrons. The molecule has 0 saturated carbocycles. The molecule has 2 aromatic carbocycles. The number of nitrogens with two attached hydrogens (primary N) is 1. The molecule has 0 radical (unpaired) electrons. The molecule has 0 aliphatic rings. The molecular formula is C17H24N2. The normalized spacial score (nSPS) is 11.8. The van der Waals surface area contributed by atoms with Gasteiger partial charge in [-0.3, -0.25) is 0 Å². The van der Waals surface area contributed by atoms with Crippen LogP contribution in [0.2, 0.25) is 0 Å². The highest BCUT2D eigenvalue weighted by Crippen LogP contribution is 2.26. The summed E-state index contributed by atoms with van der Waals surface area (Å²) in [6, 6.07) is 15.0. The second kappa shape index (κ2) is 5.62. The lowest BCUT2D eigenvalue weighted by molar-refractivity contribution is 0.460. The Kier molecular flexibility index (Phi) is 4.11. The van der Waals surface area contributed by atoms with Gasteiger partial charge in [0.25, 0.3) is 0 Å². The molecule has 0 aliphatic heterocycles. The summed E-state index contributed by atoms with van der Waals surface area (Å²) in [4.78, 5) is 2.33. The number of anilines is 1. The zero-order valence-corrected chi connectivity index (χ0v) is 12.2. The van der Waals surface area contributed by atoms with Gasteiger partial charge in [0.2, 0.25) is 0 Å². The van der Waals surface area contributed by atoms with Crippen LogP contribution in [0.25, 0.3) is 10.8 Å². The van der Waals surface area contributed by atoms with Crippen molar-refractivity contribution in [3.63, 3.8) is 0 Å². The van der Waals surface area contributed by atoms with E-state index in [0.717, 1.165) is 19.4 Å². The highest BCUT2D eigenvalue weighted by Gasteiger charge is 2.11. The van der Waals surface area contributed by atoms with Crippen LogP contribution in [-0.4, -0.2) is 19.1 Å². The maximum Gasteiger partial charge on any atom is 0.0443 e. The van der Waals surface area contributed by atoms with Crippen molar-refractivity contribution >= 4 is 16.5 Å². The van der Waals surface area contributed by atoms with Crippen molar-refractivity contribution in [3.8, 4) is 0 Å². The van der Waals surface area contributed by atoms with E-state index in [1.165, 1.54) is 16.5 Å². The van der Waals surface area contributed by atoms with Crippen molar-refractivity contribution in [1.82, 2.24) is 0 Å². The fourth-order valence-electron chi connectivity index (χ4n) is 2.43. The van der Waals surface area contributed by atoms with Crippen molar-refractivity contribution in [2.45, 2.75) is 32.2 Å². The minimum atomic E-state index is -0.0698. The standard InChI is InChI=1S/C17H24N2/c1-17(2,18)12-7-13-19(3)16-11-6-9-14-8-4-5-10-15(14)16/h4-6,8-11H,7,12-13,18H2,1-3H3. The third-order valence-corrected chi connectivity index (χ3v) is 3.49. The average molecular weight is 256 g/mol. The molecule has 2 heteroatoms. The lowest BCUT2D eigenvalue weighted by Gasteiger charge is -2.24. The molecule has 0 bridgehead atoms. The van der Waals surface area contributed by atoms with Crippen LogP contribution in [-0.2, 0) is 0 Å². The van der Waals surface area contributed by atoms with E-state index in [4.69, 9.17) is 5.73 Å². The molecule has 0 spiro atoms. The second-order valence-corrected chi connectivity index (χ2v) is 6.01. The zero-order chi connectivity index (χ0) is 13.9. The summed E-state index contributed by atoms with van der Waals surface area (Å²) >= 11 is 0. The molecule has 2 N–H and O–H groups in total. The van der Waals surface area contributed by atoms with Gasteiger partial charge in [0, 0.05) is 30.2 Å². The van der Waals surface area contributed by atoms with Crippen LogP contribution in [0.1, 0.15) is 26.7 Å². The monoisotopic (exact) mass is 256 g/mol. The number of hydrogen-bond acceptors (Lipinski definition) is 2. The molecule has 0 fully saturated rings. The Morgan fingerprint density at radius 1 is 1.05 bits per heavy atom. The van der Waals surface area contributed by atoms with Crippen molar-refractivity contribution < 1.29 is 0 Å². The first kappa shape index (κ1) is 13.9. The molecule has 0 unspecified atom stereocenters. The number of rotatable bonds is 5. The summed E-state index contributed by atoms with van der Waals surface area (Å²) in [7, 11) is 2.16. The van der Waals surface area contributed by atoms with Crippen molar-refractivity contribution in [2.75, 3.05) is 18.5 Å². The molecule has 0 aliphatic carbocycles.